The van der Waals surface area contributed by atoms with Crippen LogP contribution in [0, 0.1) is 17.5 Å². The van der Waals surface area contributed by atoms with Crippen LogP contribution in [0.3, 0.4) is 0 Å². The molecule has 0 aliphatic heterocycles. The van der Waals surface area contributed by atoms with Crippen LogP contribution in [0.4, 0.5) is 13.2 Å². The molecule has 6 rings (SSSR count). The number of rotatable bonds is 8. The first-order valence-corrected chi connectivity index (χ1v) is 15.6. The third kappa shape index (κ3) is 5.93. The molecule has 1 atom stereocenters. The number of aromatic hydroxyl groups is 1. The van der Waals surface area contributed by atoms with Crippen molar-refractivity contribution < 1.29 is 23.0 Å². The van der Waals surface area contributed by atoms with Gasteiger partial charge >= 0.3 is 4.87 Å². The molecule has 5 aromatic rings. The molecule has 0 saturated heterocycles. The van der Waals surface area contributed by atoms with E-state index in [1.165, 1.54) is 36.0 Å². The fourth-order valence-corrected chi connectivity index (χ4v) is 7.46. The highest BCUT2D eigenvalue weighted by atomic mass is 35.5. The van der Waals surface area contributed by atoms with E-state index in [1.807, 2.05) is 16.7 Å². The molecule has 2 N–H and O–H groups in total. The number of nitrogens with zero attached hydrogens (tertiary/aromatic N) is 2. The van der Waals surface area contributed by atoms with Crippen molar-refractivity contribution in [2.75, 3.05) is 7.11 Å². The normalized spacial score (nSPS) is 14.6. The first kappa shape index (κ1) is 29.4. The Kier molecular flexibility index (Phi) is 8.30. The van der Waals surface area contributed by atoms with E-state index in [2.05, 4.69) is 4.98 Å². The maximum absolute atomic E-state index is 15.2. The van der Waals surface area contributed by atoms with Crippen LogP contribution >= 0.6 is 34.7 Å². The molecule has 12 heteroatoms. The molecule has 0 bridgehead atoms. The van der Waals surface area contributed by atoms with Gasteiger partial charge in [0.05, 0.1) is 28.4 Å². The van der Waals surface area contributed by atoms with Crippen LogP contribution < -0.4 is 9.61 Å². The molecule has 6 nitrogen and oxygen atoms in total. The molecule has 0 fully saturated rings. The molecule has 0 spiro atoms. The number of H-pyrrole nitrogens is 1. The van der Waals surface area contributed by atoms with E-state index in [9.17, 15) is 14.3 Å². The lowest BCUT2D eigenvalue weighted by molar-refractivity contribution is 0.414. The first-order valence-electron chi connectivity index (χ1n) is 13.4. The van der Waals surface area contributed by atoms with E-state index >= 15 is 8.78 Å². The number of halogens is 4. The minimum atomic E-state index is -0.736. The van der Waals surface area contributed by atoms with E-state index in [-0.39, 0.29) is 35.4 Å². The van der Waals surface area contributed by atoms with Gasteiger partial charge in [-0.2, -0.15) is 0 Å². The number of methoxy groups -OCH3 is 1. The van der Waals surface area contributed by atoms with Crippen LogP contribution in [-0.2, 0) is 18.6 Å². The summed E-state index contributed by atoms with van der Waals surface area (Å²) in [4.78, 5) is 18.5. The lowest BCUT2D eigenvalue weighted by atomic mass is 9.84. The number of aryl methyl sites for hydroxylation is 1. The molecule has 3 aromatic carbocycles. The zero-order valence-corrected chi connectivity index (χ0v) is 25.2. The summed E-state index contributed by atoms with van der Waals surface area (Å²) in [7, 11) is 1.56. The molecule has 0 radical (unpaired) electrons. The Bertz CT molecular complexity index is 1850. The summed E-state index contributed by atoms with van der Waals surface area (Å²) >= 11 is 8.28. The number of ether oxygens (including phenoxy) is 1. The van der Waals surface area contributed by atoms with Gasteiger partial charge in [0.25, 0.3) is 0 Å². The Morgan fingerprint density at radius 3 is 2.56 bits per heavy atom. The van der Waals surface area contributed by atoms with Crippen LogP contribution in [-0.4, -0.2) is 26.8 Å². The quantitative estimate of drug-likeness (QED) is 0.169. The van der Waals surface area contributed by atoms with Crippen LogP contribution in [0.5, 0.6) is 11.6 Å². The number of aromatic nitrogens is 3. The van der Waals surface area contributed by atoms with Gasteiger partial charge in [-0.3, -0.25) is 14.3 Å². The van der Waals surface area contributed by atoms with E-state index in [0.29, 0.717) is 32.1 Å². The summed E-state index contributed by atoms with van der Waals surface area (Å²) in [6.07, 6.45) is 2.47. The third-order valence-electron chi connectivity index (χ3n) is 7.47. The second kappa shape index (κ2) is 12.1. The summed E-state index contributed by atoms with van der Waals surface area (Å²) in [5, 5.41) is 10.9. The standard InChI is InChI=1S/C31H25ClF3N3O3S2/c1-41-26-14-17(5-10-22(26)32)20-3-2-4-25-28(20)38(19-8-6-18(33)7-9-19)30(36-25)42-15-21-23(34)11-16(12-24(21)35)13-27-29(39)37-31(40)43-27/h5-12,14,20,39H,2-4,13,15H2,1H3,(H,37,40). The molecule has 43 heavy (non-hydrogen) atoms. The van der Waals surface area contributed by atoms with Crippen molar-refractivity contribution in [1.29, 1.82) is 0 Å². The maximum Gasteiger partial charge on any atom is 0.307 e. The van der Waals surface area contributed by atoms with Gasteiger partial charge < -0.3 is 9.84 Å². The topological polar surface area (TPSA) is 80.1 Å². The summed E-state index contributed by atoms with van der Waals surface area (Å²) in [6.45, 7) is 0. The molecule has 1 unspecified atom stereocenters. The minimum Gasteiger partial charge on any atom is -0.495 e. The molecular formula is C31H25ClF3N3O3S2. The number of nitrogens with one attached hydrogen (secondary N) is 1. The number of hydrogen-bond acceptors (Lipinski definition) is 6. The second-order valence-electron chi connectivity index (χ2n) is 10.2. The zero-order chi connectivity index (χ0) is 30.2. The highest BCUT2D eigenvalue weighted by Gasteiger charge is 2.31. The Labute approximate surface area is 258 Å². The van der Waals surface area contributed by atoms with Crippen molar-refractivity contribution in [3.05, 3.63) is 120 Å². The van der Waals surface area contributed by atoms with Crippen molar-refractivity contribution in [1.82, 2.24) is 14.5 Å². The van der Waals surface area contributed by atoms with Crippen molar-refractivity contribution in [3.63, 3.8) is 0 Å². The average molecular weight is 644 g/mol. The van der Waals surface area contributed by atoms with Gasteiger partial charge in [-0.25, -0.2) is 18.2 Å². The Morgan fingerprint density at radius 1 is 1.14 bits per heavy atom. The van der Waals surface area contributed by atoms with E-state index < -0.39 is 16.5 Å². The van der Waals surface area contributed by atoms with E-state index in [4.69, 9.17) is 21.3 Å². The third-order valence-corrected chi connectivity index (χ3v) is 9.62. The van der Waals surface area contributed by atoms with Crippen LogP contribution in [0.1, 0.15) is 51.7 Å². The number of benzene rings is 3. The minimum absolute atomic E-state index is 0.00900. The first-order chi connectivity index (χ1) is 20.7. The molecular weight excluding hydrogens is 619 g/mol. The average Bonchev–Trinajstić information content (AvgIpc) is 3.51. The molecule has 2 aromatic heterocycles. The smallest absolute Gasteiger partial charge is 0.307 e. The molecule has 222 valence electrons. The zero-order valence-electron chi connectivity index (χ0n) is 22.8. The number of thiazole rings is 1. The number of thioether (sulfide) groups is 1. The highest BCUT2D eigenvalue weighted by Crippen LogP contribution is 2.43. The van der Waals surface area contributed by atoms with Gasteiger partial charge in [0.15, 0.2) is 5.16 Å². The Hall–Kier alpha value is -3.67. The van der Waals surface area contributed by atoms with Gasteiger partial charge in [-0.15, -0.1) is 0 Å². The fraction of sp³-hybridized carbons (Fsp3) is 0.226. The van der Waals surface area contributed by atoms with E-state index in [1.54, 1.807) is 25.3 Å². The molecule has 0 amide bonds. The molecule has 1 aliphatic rings. The lowest BCUT2D eigenvalue weighted by Crippen LogP contribution is -2.15. The highest BCUT2D eigenvalue weighted by molar-refractivity contribution is 7.98. The maximum atomic E-state index is 15.2. The van der Waals surface area contributed by atoms with E-state index in [0.717, 1.165) is 47.6 Å². The number of hydrogen-bond donors (Lipinski definition) is 2. The Morgan fingerprint density at radius 2 is 1.88 bits per heavy atom. The number of aromatic amines is 1. The summed E-state index contributed by atoms with van der Waals surface area (Å²) in [5.74, 6) is -1.70. The van der Waals surface area contributed by atoms with Crippen LogP contribution in [0.2, 0.25) is 5.02 Å². The largest absolute Gasteiger partial charge is 0.495 e. The molecule has 2 heterocycles. The van der Waals surface area contributed by atoms with Gasteiger partial charge in [-0.05, 0) is 78.9 Å². The lowest BCUT2D eigenvalue weighted by Gasteiger charge is -2.26. The Balaban J connectivity index is 1.36. The molecule has 0 saturated carbocycles. The predicted octanol–water partition coefficient (Wildman–Crippen LogP) is 7.76. The summed E-state index contributed by atoms with van der Waals surface area (Å²) < 4.78 is 51.8. The number of imidazole rings is 1. The van der Waals surface area contributed by atoms with Gasteiger partial charge in [0, 0.05) is 29.3 Å². The van der Waals surface area contributed by atoms with Gasteiger partial charge in [0.2, 0.25) is 5.88 Å². The summed E-state index contributed by atoms with van der Waals surface area (Å²) in [6, 6.07) is 14.2. The van der Waals surface area contributed by atoms with Crippen molar-refractivity contribution in [2.24, 2.45) is 0 Å². The number of fused-ring (bicyclic) bond motifs is 1. The SMILES string of the molecule is COc1cc(C2CCCc3nc(SCc4c(F)cc(Cc5sc(=O)[nH]c5O)cc4F)n(-c4ccc(F)cc4)c32)ccc1Cl. The van der Waals surface area contributed by atoms with Crippen molar-refractivity contribution >= 4 is 34.7 Å². The summed E-state index contributed by atoms with van der Waals surface area (Å²) in [5.41, 5.74) is 3.66. The molecule has 1 aliphatic carbocycles. The van der Waals surface area contributed by atoms with Gasteiger partial charge in [0.1, 0.15) is 23.2 Å². The van der Waals surface area contributed by atoms with Gasteiger partial charge in [-0.1, -0.05) is 40.8 Å². The van der Waals surface area contributed by atoms with Crippen molar-refractivity contribution in [3.8, 4) is 17.3 Å². The second-order valence-corrected chi connectivity index (χ2v) is 12.6. The monoisotopic (exact) mass is 643 g/mol. The fourth-order valence-electron chi connectivity index (χ4n) is 5.45. The van der Waals surface area contributed by atoms with Crippen molar-refractivity contribution in [2.45, 2.75) is 42.5 Å². The van der Waals surface area contributed by atoms with Crippen LogP contribution in [0.15, 0.2) is 64.5 Å². The predicted molar refractivity (Wildman–Crippen MR) is 162 cm³/mol. The van der Waals surface area contributed by atoms with Crippen LogP contribution in [0.25, 0.3) is 5.69 Å².